The van der Waals surface area contributed by atoms with E-state index in [9.17, 15) is 0 Å². The van der Waals surface area contributed by atoms with Gasteiger partial charge in [0.05, 0.1) is 5.71 Å². The molecule has 0 heterocycles. The van der Waals surface area contributed by atoms with Gasteiger partial charge in [0.25, 0.3) is 0 Å². The van der Waals surface area contributed by atoms with Gasteiger partial charge >= 0.3 is 0 Å². The van der Waals surface area contributed by atoms with Crippen LogP contribution in [0.4, 0.5) is 0 Å². The number of oxime groups is 1. The van der Waals surface area contributed by atoms with Gasteiger partial charge in [0.1, 0.15) is 6.61 Å². The first-order valence-electron chi connectivity index (χ1n) is 8.25. The lowest BCUT2D eigenvalue weighted by Gasteiger charge is -2.16. The van der Waals surface area contributed by atoms with E-state index in [1.807, 2.05) is 0 Å². The molecule has 0 saturated heterocycles. The lowest BCUT2D eigenvalue weighted by atomic mass is 10.0. The van der Waals surface area contributed by atoms with Crippen LogP contribution in [0, 0.1) is 0 Å². The summed E-state index contributed by atoms with van der Waals surface area (Å²) in [6.07, 6.45) is 2.05. The molecule has 0 radical (unpaired) electrons. The number of likely N-dealkylation sites (N-methyl/N-ethyl adjacent to an activating group) is 1. The molecule has 0 fully saturated rings. The van der Waals surface area contributed by atoms with E-state index in [2.05, 4.69) is 60.3 Å². The topological polar surface area (TPSA) is 24.8 Å². The third kappa shape index (κ3) is 3.85. The van der Waals surface area contributed by atoms with Gasteiger partial charge in [0, 0.05) is 12.1 Å². The van der Waals surface area contributed by atoms with Crippen LogP contribution >= 0.6 is 12.4 Å². The van der Waals surface area contributed by atoms with Crippen molar-refractivity contribution in [3.63, 3.8) is 0 Å². The Kier molecular flexibility index (Phi) is 6.43. The van der Waals surface area contributed by atoms with Crippen molar-refractivity contribution in [2.24, 2.45) is 5.16 Å². The van der Waals surface area contributed by atoms with Crippen molar-refractivity contribution in [1.82, 2.24) is 4.90 Å². The summed E-state index contributed by atoms with van der Waals surface area (Å²) in [5.41, 5.74) is 3.78. The van der Waals surface area contributed by atoms with Gasteiger partial charge in [-0.25, -0.2) is 0 Å². The van der Waals surface area contributed by atoms with E-state index in [0.717, 1.165) is 38.2 Å². The van der Waals surface area contributed by atoms with Crippen LogP contribution < -0.4 is 0 Å². The Morgan fingerprint density at radius 3 is 2.61 bits per heavy atom. The second kappa shape index (κ2) is 8.32. The van der Waals surface area contributed by atoms with Crippen molar-refractivity contribution in [1.29, 1.82) is 0 Å². The molecule has 1 aliphatic rings. The summed E-state index contributed by atoms with van der Waals surface area (Å²) in [5, 5.41) is 7.07. The predicted octanol–water partition coefficient (Wildman–Crippen LogP) is 4.27. The molecule has 3 nitrogen and oxygen atoms in total. The molecule has 2 aromatic rings. The van der Waals surface area contributed by atoms with Crippen molar-refractivity contribution >= 4 is 28.9 Å². The second-order valence-corrected chi connectivity index (χ2v) is 5.71. The van der Waals surface area contributed by atoms with Crippen LogP contribution in [0.2, 0.25) is 0 Å². The minimum atomic E-state index is 0. The van der Waals surface area contributed by atoms with Gasteiger partial charge in [0.15, 0.2) is 0 Å². The summed E-state index contributed by atoms with van der Waals surface area (Å²) in [5.74, 6) is 0. The molecule has 1 aliphatic carbocycles. The third-order valence-electron chi connectivity index (χ3n) is 4.53. The molecule has 3 rings (SSSR count). The van der Waals surface area contributed by atoms with Gasteiger partial charge in [-0.1, -0.05) is 55.4 Å². The SMILES string of the molecule is CCN(CC)CCO/N=C1/CCc2c1ccc1ccccc21.Cl. The summed E-state index contributed by atoms with van der Waals surface area (Å²) < 4.78 is 0. The number of hydrogen-bond acceptors (Lipinski definition) is 3. The Morgan fingerprint density at radius 2 is 1.83 bits per heavy atom. The Morgan fingerprint density at radius 1 is 1.04 bits per heavy atom. The highest BCUT2D eigenvalue weighted by Gasteiger charge is 2.20. The summed E-state index contributed by atoms with van der Waals surface area (Å²) in [7, 11) is 0. The molecule has 23 heavy (non-hydrogen) atoms. The molecule has 0 bridgehead atoms. The van der Waals surface area contributed by atoms with Crippen LogP contribution in [0.1, 0.15) is 31.4 Å². The van der Waals surface area contributed by atoms with E-state index >= 15 is 0 Å². The molecule has 0 unspecified atom stereocenters. The number of hydrogen-bond donors (Lipinski definition) is 0. The first-order valence-corrected chi connectivity index (χ1v) is 8.25. The summed E-state index contributed by atoms with van der Waals surface area (Å²) in [4.78, 5) is 7.91. The zero-order valence-corrected chi connectivity index (χ0v) is 14.7. The van der Waals surface area contributed by atoms with Gasteiger partial charge in [-0.05, 0) is 42.3 Å². The molecule has 0 atom stereocenters. The molecule has 0 aliphatic heterocycles. The number of nitrogens with zero attached hydrogens (tertiary/aromatic N) is 2. The fourth-order valence-corrected chi connectivity index (χ4v) is 3.18. The minimum Gasteiger partial charge on any atom is -0.394 e. The highest BCUT2D eigenvalue weighted by molar-refractivity contribution is 6.08. The molecule has 0 spiro atoms. The zero-order chi connectivity index (χ0) is 15.4. The maximum atomic E-state index is 5.57. The predicted molar refractivity (Wildman–Crippen MR) is 99.8 cm³/mol. The monoisotopic (exact) mass is 332 g/mol. The Hall–Kier alpha value is -1.58. The smallest absolute Gasteiger partial charge is 0.129 e. The van der Waals surface area contributed by atoms with Gasteiger partial charge in [-0.15, -0.1) is 12.4 Å². The highest BCUT2D eigenvalue weighted by Crippen LogP contribution is 2.30. The summed E-state index contributed by atoms with van der Waals surface area (Å²) >= 11 is 0. The lowest BCUT2D eigenvalue weighted by molar-refractivity contribution is 0.114. The van der Waals surface area contributed by atoms with Crippen LogP contribution in [0.25, 0.3) is 10.8 Å². The first kappa shape index (κ1) is 17.8. The number of aryl methyl sites for hydroxylation is 1. The number of rotatable bonds is 6. The van der Waals surface area contributed by atoms with Gasteiger partial charge < -0.3 is 9.74 Å². The largest absolute Gasteiger partial charge is 0.394 e. The fraction of sp³-hybridized carbons (Fsp3) is 0.421. The molecule has 0 N–H and O–H groups in total. The molecular weight excluding hydrogens is 308 g/mol. The van der Waals surface area contributed by atoms with Crippen molar-refractivity contribution < 1.29 is 4.84 Å². The number of benzene rings is 2. The van der Waals surface area contributed by atoms with Gasteiger partial charge in [0.2, 0.25) is 0 Å². The van der Waals surface area contributed by atoms with Crippen LogP contribution in [0.5, 0.6) is 0 Å². The molecule has 124 valence electrons. The standard InChI is InChI=1S/C19H24N2O.ClH/c1-3-21(4-2)13-14-22-20-19-12-11-17-16-8-6-5-7-15(16)9-10-18(17)19;/h5-10H,3-4,11-14H2,1-2H3;1H/b20-19-;. The van der Waals surface area contributed by atoms with Gasteiger partial charge in [-0.2, -0.15) is 0 Å². The van der Waals surface area contributed by atoms with E-state index in [1.165, 1.54) is 21.9 Å². The molecule has 0 aromatic heterocycles. The maximum Gasteiger partial charge on any atom is 0.129 e. The van der Waals surface area contributed by atoms with Crippen LogP contribution in [0.15, 0.2) is 41.6 Å². The minimum absolute atomic E-state index is 0. The summed E-state index contributed by atoms with van der Waals surface area (Å²) in [6.45, 7) is 8.07. The average molecular weight is 333 g/mol. The van der Waals surface area contributed by atoms with E-state index in [4.69, 9.17) is 4.84 Å². The third-order valence-corrected chi connectivity index (χ3v) is 4.53. The Bertz CT molecular complexity index is 680. The van der Waals surface area contributed by atoms with Crippen LogP contribution in [-0.4, -0.2) is 36.9 Å². The number of fused-ring (bicyclic) bond motifs is 3. The molecular formula is C19H25ClN2O. The van der Waals surface area contributed by atoms with Crippen molar-refractivity contribution in [3.05, 3.63) is 47.5 Å². The molecule has 0 saturated carbocycles. The zero-order valence-electron chi connectivity index (χ0n) is 13.9. The fourth-order valence-electron chi connectivity index (χ4n) is 3.18. The van der Waals surface area contributed by atoms with Crippen LogP contribution in [-0.2, 0) is 11.3 Å². The summed E-state index contributed by atoms with van der Waals surface area (Å²) in [6, 6.07) is 13.0. The first-order chi connectivity index (χ1) is 10.8. The Labute approximate surface area is 144 Å². The Balaban J connectivity index is 0.00000192. The average Bonchev–Trinajstić information content (AvgIpc) is 2.98. The highest BCUT2D eigenvalue weighted by atomic mass is 35.5. The normalized spacial score (nSPS) is 15.0. The van der Waals surface area contributed by atoms with Crippen molar-refractivity contribution in [2.75, 3.05) is 26.2 Å². The molecule has 0 amide bonds. The molecule has 2 aromatic carbocycles. The quantitative estimate of drug-likeness (QED) is 0.583. The maximum absolute atomic E-state index is 5.57. The van der Waals surface area contributed by atoms with Crippen molar-refractivity contribution in [3.8, 4) is 0 Å². The van der Waals surface area contributed by atoms with Crippen LogP contribution in [0.3, 0.4) is 0 Å². The number of halogens is 1. The lowest BCUT2D eigenvalue weighted by Crippen LogP contribution is -2.26. The van der Waals surface area contributed by atoms with Crippen molar-refractivity contribution in [2.45, 2.75) is 26.7 Å². The molecule has 4 heteroatoms. The van der Waals surface area contributed by atoms with E-state index in [-0.39, 0.29) is 12.4 Å². The second-order valence-electron chi connectivity index (χ2n) is 5.71. The van der Waals surface area contributed by atoms with Gasteiger partial charge in [-0.3, -0.25) is 0 Å². The van der Waals surface area contributed by atoms with E-state index < -0.39 is 0 Å². The van der Waals surface area contributed by atoms with E-state index in [1.54, 1.807) is 0 Å². The van der Waals surface area contributed by atoms with E-state index in [0.29, 0.717) is 6.61 Å².